The van der Waals surface area contributed by atoms with Gasteiger partial charge in [0.25, 0.3) is 0 Å². The van der Waals surface area contributed by atoms with Crippen molar-refractivity contribution in [1.82, 2.24) is 10.2 Å². The zero-order chi connectivity index (χ0) is 15.9. The lowest BCUT2D eigenvalue weighted by atomic mass is 9.98. The van der Waals surface area contributed by atoms with Gasteiger partial charge in [0.1, 0.15) is 0 Å². The number of halogens is 2. The molecule has 1 unspecified atom stereocenters. The smallest absolute Gasteiger partial charge is 0.237 e. The Kier molecular flexibility index (Phi) is 11.1. The number of hydrogen-bond acceptors (Lipinski definition) is 3. The predicted octanol–water partition coefficient (Wildman–Crippen LogP) is 3.28. The van der Waals surface area contributed by atoms with Gasteiger partial charge in [-0.25, -0.2) is 0 Å². The van der Waals surface area contributed by atoms with Gasteiger partial charge >= 0.3 is 0 Å². The number of amides is 1. The van der Waals surface area contributed by atoms with Gasteiger partial charge < -0.3 is 11.1 Å². The maximum atomic E-state index is 12.6. The summed E-state index contributed by atoms with van der Waals surface area (Å²) in [5, 5.41) is 3.11. The lowest BCUT2D eigenvalue weighted by Gasteiger charge is -2.35. The van der Waals surface area contributed by atoms with Crippen LogP contribution < -0.4 is 11.1 Å². The Labute approximate surface area is 158 Å². The molecule has 0 bridgehead atoms. The van der Waals surface area contributed by atoms with Crippen LogP contribution in [0, 0.1) is 5.92 Å². The number of likely N-dealkylation sites (tertiary alicyclic amines) is 1. The molecule has 1 aromatic carbocycles. The number of carbonyl (C=O) groups excluding carboxylic acids is 1. The molecule has 6 heteroatoms. The minimum absolute atomic E-state index is 0. The molecule has 0 aliphatic carbocycles. The second-order valence-electron chi connectivity index (χ2n) is 6.57. The standard InChI is InChI=1S/C18H29N3O.2ClH/c1-14(2)17(21-12-4-3-5-13-21)18(22)20-11-10-15-6-8-16(19)9-7-15;;/h6-9,14,17H,3-5,10-13,19H2,1-2H3,(H,20,22);2*1H. The van der Waals surface area contributed by atoms with Gasteiger partial charge in [-0.2, -0.15) is 0 Å². The average molecular weight is 376 g/mol. The maximum absolute atomic E-state index is 12.6. The van der Waals surface area contributed by atoms with Crippen molar-refractivity contribution in [3.8, 4) is 0 Å². The van der Waals surface area contributed by atoms with Crippen LogP contribution in [0.2, 0.25) is 0 Å². The fraction of sp³-hybridized carbons (Fsp3) is 0.611. The van der Waals surface area contributed by atoms with E-state index >= 15 is 0 Å². The predicted molar refractivity (Wildman–Crippen MR) is 106 cm³/mol. The minimum Gasteiger partial charge on any atom is -0.399 e. The van der Waals surface area contributed by atoms with Gasteiger partial charge in [-0.3, -0.25) is 9.69 Å². The molecule has 24 heavy (non-hydrogen) atoms. The molecule has 3 N–H and O–H groups in total. The third kappa shape index (κ3) is 6.88. The van der Waals surface area contributed by atoms with Crippen molar-refractivity contribution in [3.63, 3.8) is 0 Å². The van der Waals surface area contributed by atoms with Gasteiger partial charge in [-0.1, -0.05) is 32.4 Å². The fourth-order valence-electron chi connectivity index (χ4n) is 3.21. The van der Waals surface area contributed by atoms with Crippen LogP contribution in [-0.2, 0) is 11.2 Å². The number of rotatable bonds is 6. The summed E-state index contributed by atoms with van der Waals surface area (Å²) in [6, 6.07) is 7.86. The minimum atomic E-state index is 0. The maximum Gasteiger partial charge on any atom is 0.237 e. The largest absolute Gasteiger partial charge is 0.399 e. The zero-order valence-electron chi connectivity index (χ0n) is 14.7. The number of nitrogens with zero attached hydrogens (tertiary/aromatic N) is 1. The number of nitrogen functional groups attached to an aromatic ring is 1. The highest BCUT2D eigenvalue weighted by Crippen LogP contribution is 2.17. The van der Waals surface area contributed by atoms with Crippen LogP contribution in [0.1, 0.15) is 38.7 Å². The highest BCUT2D eigenvalue weighted by molar-refractivity contribution is 5.85. The zero-order valence-corrected chi connectivity index (χ0v) is 16.3. The van der Waals surface area contributed by atoms with E-state index in [0.717, 1.165) is 25.2 Å². The molecule has 138 valence electrons. The average Bonchev–Trinajstić information content (AvgIpc) is 2.50. The molecular formula is C18H31Cl2N3O. The molecule has 1 aromatic rings. The third-order valence-corrected chi connectivity index (χ3v) is 4.38. The SMILES string of the molecule is CC(C)C(C(=O)NCCc1ccc(N)cc1)N1CCCCC1.Cl.Cl. The quantitative estimate of drug-likeness (QED) is 0.749. The fourth-order valence-corrected chi connectivity index (χ4v) is 3.21. The highest BCUT2D eigenvalue weighted by atomic mass is 35.5. The first-order valence-electron chi connectivity index (χ1n) is 8.44. The summed E-state index contributed by atoms with van der Waals surface area (Å²) in [5.41, 5.74) is 7.66. The van der Waals surface area contributed by atoms with Crippen LogP contribution in [0.15, 0.2) is 24.3 Å². The van der Waals surface area contributed by atoms with Crippen LogP contribution >= 0.6 is 24.8 Å². The number of carbonyl (C=O) groups is 1. The van der Waals surface area contributed by atoms with Gasteiger partial charge in [0, 0.05) is 12.2 Å². The number of nitrogens with one attached hydrogen (secondary N) is 1. The van der Waals surface area contributed by atoms with Crippen molar-refractivity contribution in [3.05, 3.63) is 29.8 Å². The molecule has 4 nitrogen and oxygen atoms in total. The molecule has 0 radical (unpaired) electrons. The number of benzene rings is 1. The van der Waals surface area contributed by atoms with Crippen LogP contribution in [0.3, 0.4) is 0 Å². The summed E-state index contributed by atoms with van der Waals surface area (Å²) in [6.07, 6.45) is 4.56. The Morgan fingerprint density at radius 1 is 1.12 bits per heavy atom. The first kappa shape index (κ1) is 23.0. The van der Waals surface area contributed by atoms with Gasteiger partial charge in [0.05, 0.1) is 6.04 Å². The van der Waals surface area contributed by atoms with Gasteiger partial charge in [0.2, 0.25) is 5.91 Å². The lowest BCUT2D eigenvalue weighted by Crippen LogP contribution is -2.51. The molecule has 1 amide bonds. The van der Waals surface area contributed by atoms with Crippen LogP contribution in [0.25, 0.3) is 0 Å². The van der Waals surface area contributed by atoms with E-state index in [4.69, 9.17) is 5.73 Å². The van der Waals surface area contributed by atoms with Crippen molar-refractivity contribution >= 4 is 36.4 Å². The molecule has 0 aromatic heterocycles. The Morgan fingerprint density at radius 3 is 2.25 bits per heavy atom. The molecule has 1 aliphatic heterocycles. The summed E-state index contributed by atoms with van der Waals surface area (Å²) >= 11 is 0. The van der Waals surface area contributed by atoms with Gasteiger partial charge in [-0.05, 0) is 56.0 Å². The second-order valence-corrected chi connectivity index (χ2v) is 6.57. The summed E-state index contributed by atoms with van der Waals surface area (Å²) < 4.78 is 0. The third-order valence-electron chi connectivity index (χ3n) is 4.38. The van der Waals surface area contributed by atoms with Crippen molar-refractivity contribution in [1.29, 1.82) is 0 Å². The molecule has 1 fully saturated rings. The van der Waals surface area contributed by atoms with E-state index in [9.17, 15) is 4.79 Å². The normalized spacial score (nSPS) is 16.0. The summed E-state index contributed by atoms with van der Waals surface area (Å²) in [4.78, 5) is 14.9. The van der Waals surface area contributed by atoms with Crippen molar-refractivity contribution in [2.75, 3.05) is 25.4 Å². The van der Waals surface area contributed by atoms with Crippen LogP contribution in [0.4, 0.5) is 5.69 Å². The number of anilines is 1. The van der Waals surface area contributed by atoms with E-state index in [1.807, 2.05) is 24.3 Å². The van der Waals surface area contributed by atoms with Gasteiger partial charge in [-0.15, -0.1) is 24.8 Å². The molecule has 2 rings (SSSR count). The van der Waals surface area contributed by atoms with Crippen molar-refractivity contribution in [2.24, 2.45) is 5.92 Å². The lowest BCUT2D eigenvalue weighted by molar-refractivity contribution is -0.128. The Bertz CT molecular complexity index is 474. The molecule has 1 atom stereocenters. The van der Waals surface area contributed by atoms with E-state index in [-0.39, 0.29) is 36.8 Å². The van der Waals surface area contributed by atoms with E-state index in [0.29, 0.717) is 12.5 Å². The Balaban J connectivity index is 0.00000264. The Hall–Kier alpha value is -0.970. The molecule has 1 aliphatic rings. The molecular weight excluding hydrogens is 345 g/mol. The summed E-state index contributed by atoms with van der Waals surface area (Å²) in [7, 11) is 0. The van der Waals surface area contributed by atoms with E-state index < -0.39 is 0 Å². The number of hydrogen-bond donors (Lipinski definition) is 2. The van der Waals surface area contributed by atoms with E-state index in [2.05, 4.69) is 24.1 Å². The van der Waals surface area contributed by atoms with Gasteiger partial charge in [0.15, 0.2) is 0 Å². The monoisotopic (exact) mass is 375 g/mol. The molecule has 0 spiro atoms. The molecule has 0 saturated carbocycles. The van der Waals surface area contributed by atoms with Crippen LogP contribution in [0.5, 0.6) is 0 Å². The second kappa shape index (κ2) is 11.6. The highest BCUT2D eigenvalue weighted by Gasteiger charge is 2.29. The summed E-state index contributed by atoms with van der Waals surface area (Å²) in [6.45, 7) is 7.06. The molecule has 1 saturated heterocycles. The first-order chi connectivity index (χ1) is 10.6. The summed E-state index contributed by atoms with van der Waals surface area (Å²) in [5.74, 6) is 0.516. The number of piperidine rings is 1. The van der Waals surface area contributed by atoms with E-state index in [1.54, 1.807) is 0 Å². The van der Waals surface area contributed by atoms with E-state index in [1.165, 1.54) is 24.8 Å². The first-order valence-corrected chi connectivity index (χ1v) is 8.44. The Morgan fingerprint density at radius 2 is 1.71 bits per heavy atom. The van der Waals surface area contributed by atoms with Crippen molar-refractivity contribution < 1.29 is 4.79 Å². The van der Waals surface area contributed by atoms with Crippen molar-refractivity contribution in [2.45, 2.75) is 45.6 Å². The topological polar surface area (TPSA) is 58.4 Å². The molecule has 1 heterocycles. The number of nitrogens with two attached hydrogens (primary N) is 1. The van der Waals surface area contributed by atoms with Crippen LogP contribution in [-0.4, -0.2) is 36.5 Å².